The van der Waals surface area contributed by atoms with Crippen LogP contribution in [0.3, 0.4) is 0 Å². The molecule has 3 nitrogen and oxygen atoms in total. The maximum atomic E-state index is 5.23. The number of benzene rings is 9. The lowest BCUT2D eigenvalue weighted by atomic mass is 9.91. The molecular formula is C51H33N3. The van der Waals surface area contributed by atoms with Gasteiger partial charge in [0.15, 0.2) is 17.5 Å². The molecule has 0 amide bonds. The second kappa shape index (κ2) is 13.4. The van der Waals surface area contributed by atoms with Crippen LogP contribution in [0.5, 0.6) is 0 Å². The van der Waals surface area contributed by atoms with Crippen molar-refractivity contribution in [3.63, 3.8) is 0 Å². The number of aromatic nitrogens is 3. The molecule has 3 heteroatoms. The van der Waals surface area contributed by atoms with Gasteiger partial charge < -0.3 is 0 Å². The lowest BCUT2D eigenvalue weighted by Gasteiger charge is -2.14. The minimum Gasteiger partial charge on any atom is -0.208 e. The number of rotatable bonds is 6. The molecule has 9 aromatic carbocycles. The third kappa shape index (κ3) is 5.78. The van der Waals surface area contributed by atoms with Gasteiger partial charge in [0.25, 0.3) is 0 Å². The highest BCUT2D eigenvalue weighted by atomic mass is 15.0. The zero-order chi connectivity index (χ0) is 35.8. The Hall–Kier alpha value is -7.23. The first-order valence-electron chi connectivity index (χ1n) is 18.3. The first-order chi connectivity index (χ1) is 26.7. The molecule has 1 aromatic heterocycles. The normalized spacial score (nSPS) is 11.3. The van der Waals surface area contributed by atoms with Crippen LogP contribution in [0, 0.1) is 0 Å². The van der Waals surface area contributed by atoms with Gasteiger partial charge in [0.1, 0.15) is 0 Å². The van der Waals surface area contributed by atoms with E-state index in [-0.39, 0.29) is 0 Å². The summed E-state index contributed by atoms with van der Waals surface area (Å²) in [4.78, 5) is 15.6. The van der Waals surface area contributed by atoms with E-state index in [2.05, 4.69) is 200 Å². The van der Waals surface area contributed by atoms with Crippen molar-refractivity contribution in [3.8, 4) is 67.5 Å². The zero-order valence-corrected chi connectivity index (χ0v) is 29.4. The van der Waals surface area contributed by atoms with E-state index in [4.69, 9.17) is 15.0 Å². The minimum absolute atomic E-state index is 0.629. The smallest absolute Gasteiger partial charge is 0.164 e. The lowest BCUT2D eigenvalue weighted by Crippen LogP contribution is -2.01. The van der Waals surface area contributed by atoms with E-state index in [0.717, 1.165) is 49.7 Å². The molecule has 252 valence electrons. The molecule has 0 atom stereocenters. The summed E-state index contributed by atoms with van der Waals surface area (Å²) in [5, 5.41) is 7.07. The number of nitrogens with zero attached hydrogens (tertiary/aromatic N) is 3. The van der Waals surface area contributed by atoms with Gasteiger partial charge in [-0.3, -0.25) is 0 Å². The van der Waals surface area contributed by atoms with E-state index in [1.165, 1.54) is 32.7 Å². The van der Waals surface area contributed by atoms with E-state index < -0.39 is 0 Å². The Balaban J connectivity index is 1.16. The standard InChI is InChI=1S/C51H33N3/c1-3-15-35(16-4-1)44-28-29-45(47-25-12-11-24-46(44)47)39-21-13-22-40(31-39)49-52-50(41-27-26-34-14-7-8-19-37(34)30-41)54-51(53-49)42-32-38-20-9-10-23-43(38)48(33-42)36-17-5-2-6-18-36/h1-33H. The summed E-state index contributed by atoms with van der Waals surface area (Å²) in [6, 6.07) is 70.6. The van der Waals surface area contributed by atoms with Gasteiger partial charge in [-0.15, -0.1) is 0 Å². The molecule has 0 saturated heterocycles. The van der Waals surface area contributed by atoms with Crippen LogP contribution in [-0.2, 0) is 0 Å². The van der Waals surface area contributed by atoms with E-state index in [0.29, 0.717) is 17.5 Å². The van der Waals surface area contributed by atoms with Crippen molar-refractivity contribution in [3.05, 3.63) is 200 Å². The predicted molar refractivity (Wildman–Crippen MR) is 225 cm³/mol. The fourth-order valence-corrected chi connectivity index (χ4v) is 7.63. The van der Waals surface area contributed by atoms with Gasteiger partial charge in [0.2, 0.25) is 0 Å². The average Bonchev–Trinajstić information content (AvgIpc) is 3.26. The largest absolute Gasteiger partial charge is 0.208 e. The van der Waals surface area contributed by atoms with Crippen LogP contribution in [0.15, 0.2) is 200 Å². The molecule has 0 N–H and O–H groups in total. The molecule has 0 bridgehead atoms. The van der Waals surface area contributed by atoms with Crippen LogP contribution in [0.2, 0.25) is 0 Å². The van der Waals surface area contributed by atoms with Gasteiger partial charge in [-0.05, 0) is 90.0 Å². The van der Waals surface area contributed by atoms with Crippen molar-refractivity contribution in [2.75, 3.05) is 0 Å². The molecule has 10 rings (SSSR count). The molecule has 54 heavy (non-hydrogen) atoms. The second-order valence-electron chi connectivity index (χ2n) is 13.6. The van der Waals surface area contributed by atoms with Gasteiger partial charge in [0.05, 0.1) is 0 Å². The van der Waals surface area contributed by atoms with Crippen molar-refractivity contribution in [2.45, 2.75) is 0 Å². The van der Waals surface area contributed by atoms with Crippen LogP contribution in [0.25, 0.3) is 99.9 Å². The average molecular weight is 688 g/mol. The Morgan fingerprint density at radius 3 is 1.37 bits per heavy atom. The SMILES string of the molecule is c1ccc(-c2cc(-c3nc(-c4cccc(-c5ccc(-c6ccccc6)c6ccccc56)c4)nc(-c4ccc5ccccc5c4)n3)cc3ccccc23)cc1. The first kappa shape index (κ1) is 31.5. The summed E-state index contributed by atoms with van der Waals surface area (Å²) in [6.45, 7) is 0. The van der Waals surface area contributed by atoms with Crippen molar-refractivity contribution >= 4 is 32.3 Å². The third-order valence-electron chi connectivity index (χ3n) is 10.3. The molecule has 1 heterocycles. The maximum Gasteiger partial charge on any atom is 0.164 e. The number of fused-ring (bicyclic) bond motifs is 3. The molecule has 0 unspecified atom stereocenters. The third-order valence-corrected chi connectivity index (χ3v) is 10.3. The Labute approximate surface area is 313 Å². The Bertz CT molecular complexity index is 2990. The monoisotopic (exact) mass is 687 g/mol. The number of hydrogen-bond donors (Lipinski definition) is 0. The summed E-state index contributed by atoms with van der Waals surface area (Å²) in [7, 11) is 0. The molecule has 0 saturated carbocycles. The van der Waals surface area contributed by atoms with E-state index in [9.17, 15) is 0 Å². The van der Waals surface area contributed by atoms with Gasteiger partial charge in [-0.25, -0.2) is 15.0 Å². The minimum atomic E-state index is 0.629. The summed E-state index contributed by atoms with van der Waals surface area (Å²) < 4.78 is 0. The fourth-order valence-electron chi connectivity index (χ4n) is 7.63. The molecule has 0 fully saturated rings. The highest BCUT2D eigenvalue weighted by Gasteiger charge is 2.17. The Kier molecular flexibility index (Phi) is 7.81. The fraction of sp³-hybridized carbons (Fsp3) is 0. The lowest BCUT2D eigenvalue weighted by molar-refractivity contribution is 1.08. The zero-order valence-electron chi connectivity index (χ0n) is 29.4. The van der Waals surface area contributed by atoms with Crippen molar-refractivity contribution in [1.82, 2.24) is 15.0 Å². The molecule has 0 aliphatic rings. The van der Waals surface area contributed by atoms with Crippen molar-refractivity contribution in [1.29, 1.82) is 0 Å². The highest BCUT2D eigenvalue weighted by Crippen LogP contribution is 2.38. The summed E-state index contributed by atoms with van der Waals surface area (Å²) in [6.07, 6.45) is 0. The van der Waals surface area contributed by atoms with E-state index in [1.807, 2.05) is 0 Å². The molecular weight excluding hydrogens is 655 g/mol. The van der Waals surface area contributed by atoms with Crippen LogP contribution >= 0.6 is 0 Å². The Morgan fingerprint density at radius 1 is 0.222 bits per heavy atom. The summed E-state index contributed by atoms with van der Waals surface area (Å²) in [5.41, 5.74) is 9.81. The van der Waals surface area contributed by atoms with Crippen LogP contribution in [-0.4, -0.2) is 15.0 Å². The van der Waals surface area contributed by atoms with Gasteiger partial charge >= 0.3 is 0 Å². The van der Waals surface area contributed by atoms with Gasteiger partial charge in [0, 0.05) is 16.7 Å². The molecule has 0 aliphatic heterocycles. The van der Waals surface area contributed by atoms with Crippen molar-refractivity contribution in [2.24, 2.45) is 0 Å². The summed E-state index contributed by atoms with van der Waals surface area (Å²) >= 11 is 0. The molecule has 0 radical (unpaired) electrons. The van der Waals surface area contributed by atoms with E-state index in [1.54, 1.807) is 0 Å². The van der Waals surface area contributed by atoms with Gasteiger partial charge in [-0.1, -0.05) is 176 Å². The Morgan fingerprint density at radius 2 is 0.685 bits per heavy atom. The maximum absolute atomic E-state index is 5.23. The first-order valence-corrected chi connectivity index (χ1v) is 18.3. The predicted octanol–water partition coefficient (Wildman–Crippen LogP) is 13.3. The topological polar surface area (TPSA) is 38.7 Å². The van der Waals surface area contributed by atoms with Crippen LogP contribution in [0.1, 0.15) is 0 Å². The second-order valence-corrected chi connectivity index (χ2v) is 13.6. The van der Waals surface area contributed by atoms with Gasteiger partial charge in [-0.2, -0.15) is 0 Å². The highest BCUT2D eigenvalue weighted by molar-refractivity contribution is 6.05. The molecule has 10 aromatic rings. The van der Waals surface area contributed by atoms with Crippen LogP contribution < -0.4 is 0 Å². The van der Waals surface area contributed by atoms with Crippen LogP contribution in [0.4, 0.5) is 0 Å². The summed E-state index contributed by atoms with van der Waals surface area (Å²) in [5.74, 6) is 1.90. The molecule has 0 aliphatic carbocycles. The van der Waals surface area contributed by atoms with Crippen molar-refractivity contribution < 1.29 is 0 Å². The van der Waals surface area contributed by atoms with E-state index >= 15 is 0 Å². The number of hydrogen-bond acceptors (Lipinski definition) is 3. The quantitative estimate of drug-likeness (QED) is 0.175. The molecule has 0 spiro atoms.